The number of aromatic nitrogens is 3. The molecule has 2 aromatic heterocycles. The first-order valence-corrected chi connectivity index (χ1v) is 25.1. The van der Waals surface area contributed by atoms with Gasteiger partial charge in [-0.3, -0.25) is 33.8 Å². The predicted octanol–water partition coefficient (Wildman–Crippen LogP) is 5.05. The molecule has 6 heterocycles. The smallest absolute Gasteiger partial charge is 0.379 e. The number of carbonyl (C=O) groups excluding carboxylic acids is 4. The lowest BCUT2D eigenvalue weighted by atomic mass is 9.95. The van der Waals surface area contributed by atoms with E-state index < -0.39 is 17.2 Å². The zero-order chi connectivity index (χ0) is 50.4. The van der Waals surface area contributed by atoms with Crippen LogP contribution in [0.1, 0.15) is 44.9 Å². The Bertz CT molecular complexity index is 2840. The summed E-state index contributed by atoms with van der Waals surface area (Å²) < 4.78 is 60.1. The Labute approximate surface area is 417 Å². The molecule has 0 aliphatic carbocycles. The van der Waals surface area contributed by atoms with Crippen LogP contribution in [0.2, 0.25) is 0 Å². The number of nitrogens with zero attached hydrogens (tertiary/aromatic N) is 8. The van der Waals surface area contributed by atoms with E-state index >= 15 is 4.39 Å². The summed E-state index contributed by atoms with van der Waals surface area (Å²) in [7, 11) is 0. The molecule has 3 aromatic carbocycles. The SMILES string of the molecule is O=C(CN1CCOCC1)Nc1cc(-c2cccc(SC(F)(F)F)c2)cnc1C(=O)N1CCC(CN2CCN(CC(=O)N3CCN(C(=O)c4cc(Cc5n[nH]c(=O)c6ccccc56)ccc4F)CC3)CC2)CC1. The van der Waals surface area contributed by atoms with Crippen molar-refractivity contribution in [3.63, 3.8) is 0 Å². The summed E-state index contributed by atoms with van der Waals surface area (Å²) in [6.07, 6.45) is 3.28. The number of thioether (sulfide) groups is 1. The van der Waals surface area contributed by atoms with Gasteiger partial charge in [0.1, 0.15) is 5.82 Å². The number of pyridine rings is 1. The molecule has 0 atom stereocenters. The molecule has 21 heteroatoms. The maximum absolute atomic E-state index is 15.1. The molecule has 4 amide bonds. The van der Waals surface area contributed by atoms with Crippen LogP contribution in [0, 0.1) is 11.7 Å². The van der Waals surface area contributed by atoms with Gasteiger partial charge in [-0.2, -0.15) is 18.3 Å². The molecule has 0 bridgehead atoms. The van der Waals surface area contributed by atoms with Crippen molar-refractivity contribution in [1.82, 2.24) is 44.6 Å². The zero-order valence-corrected chi connectivity index (χ0v) is 40.5. The van der Waals surface area contributed by atoms with E-state index in [1.807, 2.05) is 17.0 Å². The Hall–Kier alpha value is -6.26. The molecule has 4 fully saturated rings. The highest BCUT2D eigenvalue weighted by molar-refractivity contribution is 8.00. The van der Waals surface area contributed by atoms with E-state index in [1.165, 1.54) is 36.5 Å². The van der Waals surface area contributed by atoms with Crippen molar-refractivity contribution in [3.05, 3.63) is 118 Å². The largest absolute Gasteiger partial charge is 0.446 e. The lowest BCUT2D eigenvalue weighted by molar-refractivity contribution is -0.134. The molecule has 5 aromatic rings. The maximum Gasteiger partial charge on any atom is 0.446 e. The van der Waals surface area contributed by atoms with Gasteiger partial charge in [-0.05, 0) is 78.0 Å². The number of H-pyrrole nitrogens is 1. The molecule has 0 spiro atoms. The molecule has 0 saturated carbocycles. The van der Waals surface area contributed by atoms with Gasteiger partial charge in [0.2, 0.25) is 11.8 Å². The van der Waals surface area contributed by atoms with E-state index in [2.05, 4.69) is 30.3 Å². The van der Waals surface area contributed by atoms with Gasteiger partial charge >= 0.3 is 5.51 Å². The van der Waals surface area contributed by atoms with Gasteiger partial charge in [0.15, 0.2) is 5.69 Å². The number of aromatic amines is 1. The predicted molar refractivity (Wildman–Crippen MR) is 263 cm³/mol. The monoisotopic (exact) mass is 1010 g/mol. The van der Waals surface area contributed by atoms with Gasteiger partial charge in [0, 0.05) is 114 Å². The van der Waals surface area contributed by atoms with E-state index in [-0.39, 0.29) is 89.5 Å². The third-order valence-electron chi connectivity index (χ3n) is 13.8. The molecule has 4 saturated heterocycles. The second-order valence-corrected chi connectivity index (χ2v) is 19.8. The number of amides is 4. The molecule has 4 aliphatic heterocycles. The lowest BCUT2D eigenvalue weighted by Crippen LogP contribution is -2.55. The number of alkyl halides is 3. The highest BCUT2D eigenvalue weighted by Gasteiger charge is 2.32. The first kappa shape index (κ1) is 50.7. The number of hydrogen-bond donors (Lipinski definition) is 2. The Morgan fingerprint density at radius 1 is 0.722 bits per heavy atom. The number of halogens is 4. The van der Waals surface area contributed by atoms with Crippen molar-refractivity contribution in [2.75, 3.05) is 117 Å². The number of carbonyl (C=O) groups is 4. The average molecular weight is 1010 g/mol. The quantitative estimate of drug-likeness (QED) is 0.119. The van der Waals surface area contributed by atoms with E-state index in [0.717, 1.165) is 32.5 Å². The van der Waals surface area contributed by atoms with Crippen molar-refractivity contribution in [2.24, 2.45) is 5.92 Å². The fraction of sp³-hybridized carbons (Fsp3) is 0.431. The number of nitrogens with one attached hydrogen (secondary N) is 2. The summed E-state index contributed by atoms with van der Waals surface area (Å²) in [6, 6.07) is 19.1. The minimum atomic E-state index is -4.46. The number of rotatable bonds is 13. The van der Waals surface area contributed by atoms with Crippen molar-refractivity contribution in [2.45, 2.75) is 29.7 Å². The Balaban J connectivity index is 0.730. The van der Waals surface area contributed by atoms with Crippen LogP contribution in [0.3, 0.4) is 0 Å². The Kier molecular flexibility index (Phi) is 15.9. The molecule has 2 N–H and O–H groups in total. The first-order valence-electron chi connectivity index (χ1n) is 24.2. The van der Waals surface area contributed by atoms with Crippen LogP contribution >= 0.6 is 11.8 Å². The number of piperidine rings is 1. The molecule has 9 rings (SSSR count). The topological polar surface area (TPSA) is 168 Å². The van der Waals surface area contributed by atoms with Crippen LogP contribution < -0.4 is 10.9 Å². The lowest BCUT2D eigenvalue weighted by Gasteiger charge is -2.40. The second-order valence-electron chi connectivity index (χ2n) is 18.7. The summed E-state index contributed by atoms with van der Waals surface area (Å²) in [5.74, 6) is -1.42. The van der Waals surface area contributed by atoms with Crippen LogP contribution in [0.4, 0.5) is 23.2 Å². The van der Waals surface area contributed by atoms with Crippen LogP contribution in [0.15, 0.2) is 88.7 Å². The molecular weight excluding hydrogens is 957 g/mol. The summed E-state index contributed by atoms with van der Waals surface area (Å²) in [5, 5.41) is 10.8. The maximum atomic E-state index is 15.1. The molecule has 4 aliphatic rings. The van der Waals surface area contributed by atoms with Crippen molar-refractivity contribution in [1.29, 1.82) is 0 Å². The number of ether oxygens (including phenoxy) is 1. The first-order chi connectivity index (χ1) is 34.7. The van der Waals surface area contributed by atoms with Gasteiger partial charge in [-0.25, -0.2) is 14.5 Å². The molecule has 0 unspecified atom stereocenters. The highest BCUT2D eigenvalue weighted by Crippen LogP contribution is 2.38. The van der Waals surface area contributed by atoms with Crippen LogP contribution in [0.5, 0.6) is 0 Å². The fourth-order valence-electron chi connectivity index (χ4n) is 9.84. The van der Waals surface area contributed by atoms with Crippen molar-refractivity contribution in [3.8, 4) is 11.1 Å². The zero-order valence-electron chi connectivity index (χ0n) is 39.7. The number of hydrogen-bond acceptors (Lipinski definition) is 12. The molecule has 72 heavy (non-hydrogen) atoms. The van der Waals surface area contributed by atoms with Gasteiger partial charge < -0.3 is 29.7 Å². The second kappa shape index (κ2) is 22.7. The molecule has 16 nitrogen and oxygen atoms in total. The van der Waals surface area contributed by atoms with E-state index in [4.69, 9.17) is 4.74 Å². The third-order valence-corrected chi connectivity index (χ3v) is 14.5. The van der Waals surface area contributed by atoms with Crippen LogP contribution in [-0.4, -0.2) is 185 Å². The van der Waals surface area contributed by atoms with Crippen LogP contribution in [-0.2, 0) is 20.7 Å². The number of morpholine rings is 1. The Morgan fingerprint density at radius 2 is 1.40 bits per heavy atom. The highest BCUT2D eigenvalue weighted by atomic mass is 32.2. The number of likely N-dealkylation sites (tertiary alicyclic amines) is 1. The van der Waals surface area contributed by atoms with Gasteiger partial charge in [0.05, 0.1) is 48.6 Å². The number of piperazine rings is 2. The van der Waals surface area contributed by atoms with E-state index in [9.17, 15) is 37.1 Å². The average Bonchev–Trinajstić information content (AvgIpc) is 3.38. The van der Waals surface area contributed by atoms with E-state index in [0.29, 0.717) is 105 Å². The summed E-state index contributed by atoms with van der Waals surface area (Å²) in [6.45, 7) is 8.61. The minimum Gasteiger partial charge on any atom is -0.379 e. The minimum absolute atomic E-state index is 0.00524. The third kappa shape index (κ3) is 12.7. The Morgan fingerprint density at radius 3 is 2.14 bits per heavy atom. The number of anilines is 1. The van der Waals surface area contributed by atoms with Gasteiger partial charge in [-0.1, -0.05) is 36.4 Å². The van der Waals surface area contributed by atoms with Gasteiger partial charge in [0.25, 0.3) is 17.4 Å². The number of benzene rings is 3. The standard InChI is InChI=1S/C51H56F4N10O6S/c52-42-9-8-35(27-43-39-6-1-2-7-40(39)48(68)59-58-43)26-41(42)49(69)65-20-18-63(19-21-65)46(67)33-61-16-14-60(15-17-61)31-34-10-12-64(13-11-34)50(70)47-44(57-45(66)32-62-22-24-71-25-23-62)29-37(30-56-47)36-4-3-5-38(28-36)72-51(53,54)55/h1-9,26,28-30,34H,10-25,27,31-33H2,(H,57,66)(H,59,68). The molecule has 0 radical (unpaired) electrons. The summed E-state index contributed by atoms with van der Waals surface area (Å²) in [5.41, 5.74) is -2.35. The molecular formula is C51H56F4N10O6S. The normalized spacial score (nSPS) is 17.9. The van der Waals surface area contributed by atoms with Crippen molar-refractivity contribution >= 4 is 51.9 Å². The summed E-state index contributed by atoms with van der Waals surface area (Å²) in [4.78, 5) is 82.7. The van der Waals surface area contributed by atoms with Crippen molar-refractivity contribution < 1.29 is 41.5 Å². The molecule has 380 valence electrons. The summed E-state index contributed by atoms with van der Waals surface area (Å²) >= 11 is -0.219. The van der Waals surface area contributed by atoms with Crippen LogP contribution in [0.25, 0.3) is 21.9 Å². The van der Waals surface area contributed by atoms with Gasteiger partial charge in [-0.15, -0.1) is 0 Å². The van der Waals surface area contributed by atoms with E-state index in [1.54, 1.807) is 45.0 Å². The number of fused-ring (bicyclic) bond motifs is 1. The fourth-order valence-corrected chi connectivity index (χ4v) is 10.4.